The standard InChI is InChI=1S/C24H17N3O4S/c1-26-23(29)16-9-3-2-8-15(16)22(25-26)24(30)31-14-21(28)27-17-10-4-6-12-19(17)32-20-13-7-5-11-18(20)27/h2-13H,14H2,1H3. The normalized spacial score (nSPS) is 12.2. The van der Waals surface area contributed by atoms with Crippen molar-refractivity contribution in [1.82, 2.24) is 9.78 Å². The van der Waals surface area contributed by atoms with E-state index in [0.717, 1.165) is 25.8 Å². The van der Waals surface area contributed by atoms with Gasteiger partial charge in [0.2, 0.25) is 0 Å². The summed E-state index contributed by atoms with van der Waals surface area (Å²) < 4.78 is 6.45. The second-order valence-electron chi connectivity index (χ2n) is 7.17. The highest BCUT2D eigenvalue weighted by Gasteiger charge is 2.29. The van der Waals surface area contributed by atoms with Crippen LogP contribution in [0.4, 0.5) is 11.4 Å². The van der Waals surface area contributed by atoms with Gasteiger partial charge in [0.15, 0.2) is 12.3 Å². The van der Waals surface area contributed by atoms with E-state index in [1.807, 2.05) is 48.5 Å². The topological polar surface area (TPSA) is 81.5 Å². The Morgan fingerprint density at radius 1 is 0.875 bits per heavy atom. The third-order valence-electron chi connectivity index (χ3n) is 5.16. The van der Waals surface area contributed by atoms with Crippen LogP contribution in [0.2, 0.25) is 0 Å². The molecule has 0 saturated heterocycles. The molecule has 3 aromatic carbocycles. The van der Waals surface area contributed by atoms with Gasteiger partial charge in [0.1, 0.15) is 0 Å². The zero-order valence-electron chi connectivity index (χ0n) is 17.0. The van der Waals surface area contributed by atoms with Crippen LogP contribution in [0.15, 0.2) is 87.4 Å². The van der Waals surface area contributed by atoms with Crippen molar-refractivity contribution >= 4 is 45.8 Å². The number of hydrogen-bond donors (Lipinski definition) is 0. The number of aryl methyl sites for hydroxylation is 1. The Hall–Kier alpha value is -3.91. The fourth-order valence-electron chi connectivity index (χ4n) is 3.68. The van der Waals surface area contributed by atoms with E-state index in [1.54, 1.807) is 40.9 Å². The Morgan fingerprint density at radius 2 is 1.44 bits per heavy atom. The van der Waals surface area contributed by atoms with Gasteiger partial charge in [-0.1, -0.05) is 54.2 Å². The molecule has 4 aromatic rings. The van der Waals surface area contributed by atoms with Gasteiger partial charge < -0.3 is 4.74 Å². The number of carbonyl (C=O) groups is 2. The first-order valence-corrected chi connectivity index (χ1v) is 10.7. The molecule has 1 amide bonds. The summed E-state index contributed by atoms with van der Waals surface area (Å²) in [6, 6.07) is 21.9. The van der Waals surface area contributed by atoms with Gasteiger partial charge in [-0.3, -0.25) is 14.5 Å². The average molecular weight is 443 g/mol. The van der Waals surface area contributed by atoms with Gasteiger partial charge >= 0.3 is 5.97 Å². The van der Waals surface area contributed by atoms with Crippen LogP contribution in [-0.2, 0) is 16.6 Å². The number of hydrogen-bond acceptors (Lipinski definition) is 6. The molecule has 0 spiro atoms. The summed E-state index contributed by atoms with van der Waals surface area (Å²) in [6.45, 7) is -0.467. The molecular formula is C24H17N3O4S. The summed E-state index contributed by atoms with van der Waals surface area (Å²) in [5.74, 6) is -1.15. The number of anilines is 2. The largest absolute Gasteiger partial charge is 0.451 e. The van der Waals surface area contributed by atoms with E-state index in [-0.39, 0.29) is 17.2 Å². The molecule has 0 unspecified atom stereocenters. The molecule has 1 aromatic heterocycles. The monoisotopic (exact) mass is 443 g/mol. The zero-order chi connectivity index (χ0) is 22.2. The first-order chi connectivity index (χ1) is 15.5. The Morgan fingerprint density at radius 3 is 2.09 bits per heavy atom. The minimum absolute atomic E-state index is 0.00880. The van der Waals surface area contributed by atoms with Gasteiger partial charge in [0.05, 0.1) is 16.8 Å². The number of benzene rings is 3. The van der Waals surface area contributed by atoms with E-state index in [4.69, 9.17) is 4.74 Å². The zero-order valence-corrected chi connectivity index (χ0v) is 17.8. The van der Waals surface area contributed by atoms with E-state index >= 15 is 0 Å². The summed E-state index contributed by atoms with van der Waals surface area (Å²) in [6.07, 6.45) is 0. The molecule has 0 fully saturated rings. The molecule has 1 aliphatic rings. The lowest BCUT2D eigenvalue weighted by molar-refractivity contribution is -0.121. The molecule has 2 heterocycles. The van der Waals surface area contributed by atoms with Gasteiger partial charge in [-0.05, 0) is 30.3 Å². The average Bonchev–Trinajstić information content (AvgIpc) is 2.83. The van der Waals surface area contributed by atoms with Crippen LogP contribution >= 0.6 is 11.8 Å². The number of nitrogens with zero attached hydrogens (tertiary/aromatic N) is 3. The molecule has 158 valence electrons. The van der Waals surface area contributed by atoms with Gasteiger partial charge in [-0.25, -0.2) is 9.48 Å². The van der Waals surface area contributed by atoms with E-state index in [2.05, 4.69) is 5.10 Å². The number of fused-ring (bicyclic) bond motifs is 3. The summed E-state index contributed by atoms with van der Waals surface area (Å²) in [5, 5.41) is 4.81. The highest BCUT2D eigenvalue weighted by Crippen LogP contribution is 2.47. The molecule has 32 heavy (non-hydrogen) atoms. The van der Waals surface area contributed by atoms with Crippen molar-refractivity contribution in [2.24, 2.45) is 7.05 Å². The smallest absolute Gasteiger partial charge is 0.359 e. The van der Waals surface area contributed by atoms with Crippen LogP contribution < -0.4 is 10.5 Å². The molecule has 0 aliphatic carbocycles. The number of para-hydroxylation sites is 2. The van der Waals surface area contributed by atoms with Crippen LogP contribution in [0.1, 0.15) is 10.5 Å². The lowest BCUT2D eigenvalue weighted by Crippen LogP contribution is -2.33. The molecule has 7 nitrogen and oxygen atoms in total. The number of amides is 1. The molecule has 0 N–H and O–H groups in total. The van der Waals surface area contributed by atoms with Crippen LogP contribution in [0, 0.1) is 0 Å². The Labute approximate surface area is 187 Å². The van der Waals surface area contributed by atoms with Crippen molar-refractivity contribution in [1.29, 1.82) is 0 Å². The highest BCUT2D eigenvalue weighted by atomic mass is 32.2. The highest BCUT2D eigenvalue weighted by molar-refractivity contribution is 7.99. The second-order valence-corrected chi connectivity index (χ2v) is 8.25. The minimum atomic E-state index is -0.766. The number of ether oxygens (including phenoxy) is 1. The van der Waals surface area contributed by atoms with Crippen LogP contribution in [0.25, 0.3) is 10.8 Å². The van der Waals surface area contributed by atoms with E-state index < -0.39 is 12.6 Å². The quantitative estimate of drug-likeness (QED) is 0.447. The second kappa shape index (κ2) is 7.97. The SMILES string of the molecule is Cn1nc(C(=O)OCC(=O)N2c3ccccc3Sc3ccccc32)c2ccccc2c1=O. The molecule has 8 heteroatoms. The predicted molar refractivity (Wildman–Crippen MR) is 121 cm³/mol. The Balaban J connectivity index is 1.44. The molecular weight excluding hydrogens is 426 g/mol. The lowest BCUT2D eigenvalue weighted by atomic mass is 10.1. The van der Waals surface area contributed by atoms with Crippen molar-refractivity contribution in [2.75, 3.05) is 11.5 Å². The lowest BCUT2D eigenvalue weighted by Gasteiger charge is -2.30. The van der Waals surface area contributed by atoms with Crippen LogP contribution in [-0.4, -0.2) is 28.3 Å². The van der Waals surface area contributed by atoms with Crippen molar-refractivity contribution in [3.63, 3.8) is 0 Å². The van der Waals surface area contributed by atoms with E-state index in [0.29, 0.717) is 10.8 Å². The number of esters is 1. The molecule has 0 radical (unpaired) electrons. The van der Waals surface area contributed by atoms with E-state index in [9.17, 15) is 14.4 Å². The molecule has 0 bridgehead atoms. The van der Waals surface area contributed by atoms with Crippen molar-refractivity contribution < 1.29 is 14.3 Å². The third kappa shape index (κ3) is 3.34. The molecule has 0 saturated carbocycles. The molecule has 5 rings (SSSR count). The van der Waals surface area contributed by atoms with Crippen LogP contribution in [0.5, 0.6) is 0 Å². The summed E-state index contributed by atoms with van der Waals surface area (Å²) in [5.41, 5.74) is 1.16. The van der Waals surface area contributed by atoms with Gasteiger partial charge in [-0.15, -0.1) is 0 Å². The summed E-state index contributed by atoms with van der Waals surface area (Å²) >= 11 is 1.59. The third-order valence-corrected chi connectivity index (χ3v) is 6.29. The number of aromatic nitrogens is 2. The minimum Gasteiger partial charge on any atom is -0.451 e. The number of rotatable bonds is 3. The maximum Gasteiger partial charge on any atom is 0.359 e. The van der Waals surface area contributed by atoms with E-state index in [1.165, 1.54) is 7.05 Å². The Kier molecular flexibility index (Phi) is 4.99. The predicted octanol–water partition coefficient (Wildman–Crippen LogP) is 3.92. The van der Waals surface area contributed by atoms with Gasteiger partial charge in [-0.2, -0.15) is 5.10 Å². The van der Waals surface area contributed by atoms with Crippen LogP contribution in [0.3, 0.4) is 0 Å². The van der Waals surface area contributed by atoms with Gasteiger partial charge in [0, 0.05) is 22.2 Å². The van der Waals surface area contributed by atoms with Crippen molar-refractivity contribution in [3.05, 3.63) is 88.8 Å². The summed E-state index contributed by atoms with van der Waals surface area (Å²) in [4.78, 5) is 41.8. The maximum atomic E-state index is 13.2. The first-order valence-electron chi connectivity index (χ1n) is 9.86. The van der Waals surface area contributed by atoms with Gasteiger partial charge in [0.25, 0.3) is 11.5 Å². The summed E-state index contributed by atoms with van der Waals surface area (Å²) in [7, 11) is 1.47. The fraction of sp³-hybridized carbons (Fsp3) is 0.0833. The van der Waals surface area contributed by atoms with Crippen molar-refractivity contribution in [2.45, 2.75) is 9.79 Å². The fourth-order valence-corrected chi connectivity index (χ4v) is 4.74. The first kappa shape index (κ1) is 20.0. The Bertz CT molecular complexity index is 1400. The van der Waals surface area contributed by atoms with Crippen molar-refractivity contribution in [3.8, 4) is 0 Å². The maximum absolute atomic E-state index is 13.2. The molecule has 1 aliphatic heterocycles. The number of carbonyl (C=O) groups excluding carboxylic acids is 2. The molecule has 0 atom stereocenters.